The van der Waals surface area contributed by atoms with Gasteiger partial charge >= 0.3 is 5.97 Å². The second kappa shape index (κ2) is 10.8. The predicted octanol–water partition coefficient (Wildman–Crippen LogP) is 1.81. The number of carbonyl (C=O) groups excluding carboxylic acids is 3. The molecular formula is C24H27N5O5S2. The van der Waals surface area contributed by atoms with Crippen LogP contribution in [0.3, 0.4) is 0 Å². The molecule has 1 N–H and O–H groups in total. The molecule has 2 aromatic rings. The molecule has 2 saturated heterocycles. The molecule has 1 unspecified atom stereocenters. The Morgan fingerprint density at radius 3 is 2.83 bits per heavy atom. The van der Waals surface area contributed by atoms with Gasteiger partial charge in [0, 0.05) is 25.8 Å². The van der Waals surface area contributed by atoms with Crippen LogP contribution in [0.25, 0.3) is 11.7 Å². The van der Waals surface area contributed by atoms with E-state index in [4.69, 9.17) is 21.9 Å². The van der Waals surface area contributed by atoms with Crippen molar-refractivity contribution in [3.63, 3.8) is 0 Å². The average molecular weight is 530 g/mol. The van der Waals surface area contributed by atoms with E-state index in [1.54, 1.807) is 36.2 Å². The fraction of sp³-hybridized carbons (Fsp3) is 0.417. The fourth-order valence-electron chi connectivity index (χ4n) is 4.14. The van der Waals surface area contributed by atoms with Crippen LogP contribution in [0.4, 0.5) is 5.82 Å². The van der Waals surface area contributed by atoms with Gasteiger partial charge < -0.3 is 15.0 Å². The van der Waals surface area contributed by atoms with Crippen LogP contribution in [0.1, 0.15) is 32.8 Å². The van der Waals surface area contributed by atoms with Crippen molar-refractivity contribution in [1.29, 1.82) is 0 Å². The summed E-state index contributed by atoms with van der Waals surface area (Å²) in [5.74, 6) is -0.728. The van der Waals surface area contributed by atoms with Crippen LogP contribution >= 0.6 is 24.0 Å². The quantitative estimate of drug-likeness (QED) is 0.326. The number of pyridine rings is 1. The van der Waals surface area contributed by atoms with Gasteiger partial charge in [-0.1, -0.05) is 43.9 Å². The molecule has 12 heteroatoms. The van der Waals surface area contributed by atoms with E-state index in [2.05, 4.69) is 5.32 Å². The molecule has 0 saturated carbocycles. The monoisotopic (exact) mass is 529 g/mol. The van der Waals surface area contributed by atoms with Crippen LogP contribution in [0.2, 0.25) is 0 Å². The lowest BCUT2D eigenvalue weighted by molar-refractivity contribution is -0.145. The lowest BCUT2D eigenvalue weighted by Gasteiger charge is -2.36. The molecule has 0 aromatic carbocycles. The first-order chi connectivity index (χ1) is 17.2. The number of nitrogens with zero attached hydrogens (tertiary/aromatic N) is 4. The second-order valence-corrected chi connectivity index (χ2v) is 10.5. The van der Waals surface area contributed by atoms with Crippen molar-refractivity contribution in [2.24, 2.45) is 5.92 Å². The summed E-state index contributed by atoms with van der Waals surface area (Å²) in [6.07, 6.45) is 2.89. The highest BCUT2D eigenvalue weighted by Crippen LogP contribution is 2.34. The third kappa shape index (κ3) is 5.14. The Bertz CT molecular complexity index is 1320. The number of hydrogen-bond donors (Lipinski definition) is 1. The van der Waals surface area contributed by atoms with Gasteiger partial charge in [0.15, 0.2) is 0 Å². The number of nitrogens with one attached hydrogen (secondary N) is 1. The predicted molar refractivity (Wildman–Crippen MR) is 142 cm³/mol. The number of fused-ring (bicyclic) bond motifs is 1. The van der Waals surface area contributed by atoms with Gasteiger partial charge in [-0.3, -0.25) is 28.5 Å². The zero-order valence-electron chi connectivity index (χ0n) is 20.2. The highest BCUT2D eigenvalue weighted by Gasteiger charge is 2.37. The van der Waals surface area contributed by atoms with Crippen molar-refractivity contribution in [2.45, 2.75) is 33.2 Å². The van der Waals surface area contributed by atoms with Gasteiger partial charge in [0.25, 0.3) is 11.5 Å². The summed E-state index contributed by atoms with van der Waals surface area (Å²) in [5.41, 5.74) is 0.126. The van der Waals surface area contributed by atoms with Gasteiger partial charge in [0.05, 0.1) is 23.5 Å². The molecule has 36 heavy (non-hydrogen) atoms. The SMILES string of the molecule is CCOC(=O)CC1C(=O)NCCN1c1nc2ccccn2c(=O)c1/C=C1\SC(=S)N(CC(C)C)C1=O. The standard InChI is InChI=1S/C24H27N5O5S2/c1-4-34-19(30)12-16-21(31)25-8-10-27(16)20-15(22(32)28-9-6-5-7-18(28)26-20)11-17-23(33)29(13-14(2)3)24(35)36-17/h5-7,9,11,14,16H,4,8,10,12-13H2,1-3H3,(H,25,31)/b17-11-. The van der Waals surface area contributed by atoms with E-state index in [9.17, 15) is 19.2 Å². The maximum Gasteiger partial charge on any atom is 0.308 e. The molecule has 2 amide bonds. The topological polar surface area (TPSA) is 113 Å². The Hall–Kier alpha value is -3.25. The Morgan fingerprint density at radius 1 is 1.33 bits per heavy atom. The molecule has 190 valence electrons. The van der Waals surface area contributed by atoms with Crippen LogP contribution in [0, 0.1) is 5.92 Å². The molecule has 0 radical (unpaired) electrons. The van der Waals surface area contributed by atoms with Crippen molar-refractivity contribution in [1.82, 2.24) is 19.6 Å². The molecule has 1 atom stereocenters. The average Bonchev–Trinajstić information content (AvgIpc) is 3.09. The molecule has 0 spiro atoms. The second-order valence-electron chi connectivity index (χ2n) is 8.78. The number of aromatic nitrogens is 2. The number of piperazine rings is 1. The number of rotatable bonds is 7. The molecular weight excluding hydrogens is 502 g/mol. The van der Waals surface area contributed by atoms with Crippen molar-refractivity contribution in [2.75, 3.05) is 31.1 Å². The van der Waals surface area contributed by atoms with E-state index in [1.807, 2.05) is 13.8 Å². The number of esters is 1. The molecule has 2 fully saturated rings. The van der Waals surface area contributed by atoms with Gasteiger partial charge in [-0.05, 0) is 31.1 Å². The van der Waals surface area contributed by atoms with Gasteiger partial charge in [0.2, 0.25) is 5.91 Å². The van der Waals surface area contributed by atoms with Crippen LogP contribution < -0.4 is 15.8 Å². The van der Waals surface area contributed by atoms with Crippen LogP contribution in [-0.4, -0.2) is 68.7 Å². The first-order valence-electron chi connectivity index (χ1n) is 11.7. The van der Waals surface area contributed by atoms with Crippen molar-refractivity contribution in [3.8, 4) is 0 Å². The number of thiocarbonyl (C=S) groups is 1. The lowest BCUT2D eigenvalue weighted by atomic mass is 10.1. The van der Waals surface area contributed by atoms with Gasteiger partial charge in [-0.15, -0.1) is 0 Å². The molecule has 4 heterocycles. The van der Waals surface area contributed by atoms with Crippen molar-refractivity contribution < 1.29 is 19.1 Å². The number of amides is 2. The summed E-state index contributed by atoms with van der Waals surface area (Å²) in [6, 6.07) is 4.22. The number of thioether (sulfide) groups is 1. The Morgan fingerprint density at radius 2 is 2.11 bits per heavy atom. The maximum atomic E-state index is 13.6. The zero-order valence-corrected chi connectivity index (χ0v) is 21.9. The third-order valence-electron chi connectivity index (χ3n) is 5.71. The Labute approximate surface area is 217 Å². The molecule has 4 rings (SSSR count). The van der Waals surface area contributed by atoms with Gasteiger partial charge in [-0.2, -0.15) is 0 Å². The van der Waals surface area contributed by atoms with E-state index in [0.717, 1.165) is 11.8 Å². The third-order valence-corrected chi connectivity index (χ3v) is 7.09. The fourth-order valence-corrected chi connectivity index (χ4v) is 5.40. The van der Waals surface area contributed by atoms with E-state index in [-0.39, 0.29) is 42.1 Å². The highest BCUT2D eigenvalue weighted by molar-refractivity contribution is 8.26. The molecule has 2 aliphatic rings. The number of carbonyl (C=O) groups is 3. The van der Waals surface area contributed by atoms with Gasteiger partial charge in [-0.25, -0.2) is 4.98 Å². The summed E-state index contributed by atoms with van der Waals surface area (Å²) < 4.78 is 6.87. The highest BCUT2D eigenvalue weighted by atomic mass is 32.2. The van der Waals surface area contributed by atoms with Crippen molar-refractivity contribution >= 4 is 63.6 Å². The van der Waals surface area contributed by atoms with Crippen LogP contribution in [0.15, 0.2) is 34.1 Å². The van der Waals surface area contributed by atoms with E-state index in [0.29, 0.717) is 34.5 Å². The summed E-state index contributed by atoms with van der Waals surface area (Å²) in [6.45, 7) is 6.96. The lowest BCUT2D eigenvalue weighted by Crippen LogP contribution is -2.57. The van der Waals surface area contributed by atoms with E-state index < -0.39 is 17.6 Å². The summed E-state index contributed by atoms with van der Waals surface area (Å²) in [7, 11) is 0. The first kappa shape index (κ1) is 25.8. The minimum absolute atomic E-state index is 0.146. The summed E-state index contributed by atoms with van der Waals surface area (Å²) in [5, 5.41) is 2.76. The molecule has 10 nitrogen and oxygen atoms in total. The normalized spacial score (nSPS) is 19.5. The van der Waals surface area contributed by atoms with Crippen LogP contribution in [0.5, 0.6) is 0 Å². The number of ether oxygens (including phenoxy) is 1. The summed E-state index contributed by atoms with van der Waals surface area (Å²) in [4.78, 5) is 60.0. The molecule has 2 aliphatic heterocycles. The first-order valence-corrected chi connectivity index (χ1v) is 12.9. The van der Waals surface area contributed by atoms with Gasteiger partial charge in [0.1, 0.15) is 21.8 Å². The van der Waals surface area contributed by atoms with Crippen molar-refractivity contribution in [3.05, 3.63) is 45.2 Å². The molecule has 2 aromatic heterocycles. The Kier molecular flexibility index (Phi) is 7.74. The minimum Gasteiger partial charge on any atom is -0.466 e. The Balaban J connectivity index is 1.85. The van der Waals surface area contributed by atoms with Crippen LogP contribution in [-0.2, 0) is 19.1 Å². The zero-order chi connectivity index (χ0) is 26.0. The smallest absolute Gasteiger partial charge is 0.308 e. The van der Waals surface area contributed by atoms with E-state index >= 15 is 0 Å². The number of anilines is 1. The molecule has 0 aliphatic carbocycles. The van der Waals surface area contributed by atoms with E-state index in [1.165, 1.54) is 15.4 Å². The largest absolute Gasteiger partial charge is 0.466 e. The number of hydrogen-bond acceptors (Lipinski definition) is 9. The molecule has 0 bridgehead atoms. The minimum atomic E-state index is -0.918. The maximum absolute atomic E-state index is 13.6. The summed E-state index contributed by atoms with van der Waals surface area (Å²) >= 11 is 6.54.